The van der Waals surface area contributed by atoms with Crippen molar-refractivity contribution in [3.8, 4) is 5.75 Å². The first-order valence-corrected chi connectivity index (χ1v) is 9.32. The molecule has 1 aromatic carbocycles. The first-order chi connectivity index (χ1) is 13.6. The fraction of sp³-hybridized carbons (Fsp3) is 0.300. The number of carbonyl (C=O) groups is 1. The highest BCUT2D eigenvalue weighted by Gasteiger charge is 2.40. The van der Waals surface area contributed by atoms with Crippen LogP contribution in [0.5, 0.6) is 5.75 Å². The number of hydrogen-bond donors (Lipinski definition) is 2. The highest BCUT2D eigenvalue weighted by Crippen LogP contribution is 2.37. The van der Waals surface area contributed by atoms with Crippen molar-refractivity contribution in [2.45, 2.75) is 38.7 Å². The van der Waals surface area contributed by atoms with Gasteiger partial charge in [-0.2, -0.15) is 26.7 Å². The van der Waals surface area contributed by atoms with Gasteiger partial charge in [-0.15, -0.1) is 0 Å². The van der Waals surface area contributed by atoms with Gasteiger partial charge < -0.3 is 15.4 Å². The van der Waals surface area contributed by atoms with Crippen LogP contribution < -0.4 is 15.4 Å². The van der Waals surface area contributed by atoms with Gasteiger partial charge in [0.2, 0.25) is 0 Å². The van der Waals surface area contributed by atoms with Crippen molar-refractivity contribution in [2.75, 3.05) is 5.32 Å². The summed E-state index contributed by atoms with van der Waals surface area (Å²) in [6.07, 6.45) is -1.73. The normalized spacial score (nSPS) is 15.8. The molecule has 2 aromatic rings. The molecule has 1 unspecified atom stereocenters. The van der Waals surface area contributed by atoms with Crippen LogP contribution in [-0.4, -0.2) is 28.6 Å². The number of ether oxygens (including phenoxy) is 1. The van der Waals surface area contributed by atoms with Gasteiger partial charge in [0.05, 0.1) is 16.8 Å². The van der Waals surface area contributed by atoms with Gasteiger partial charge in [0.15, 0.2) is 0 Å². The number of carbonyl (C=O) groups excluding carboxylic acids is 1. The van der Waals surface area contributed by atoms with E-state index in [2.05, 4.69) is 10.3 Å². The highest BCUT2D eigenvalue weighted by molar-refractivity contribution is 7.59. The summed E-state index contributed by atoms with van der Waals surface area (Å²) in [6, 6.07) is 7.77. The lowest BCUT2D eigenvalue weighted by Crippen LogP contribution is -2.44. The van der Waals surface area contributed by atoms with Gasteiger partial charge >= 0.3 is 12.1 Å². The van der Waals surface area contributed by atoms with Crippen molar-refractivity contribution < 1.29 is 22.7 Å². The molecule has 0 fully saturated rings. The van der Waals surface area contributed by atoms with Crippen LogP contribution in [0, 0.1) is 0 Å². The fourth-order valence-electron chi connectivity index (χ4n) is 2.74. The molecule has 0 spiro atoms. The van der Waals surface area contributed by atoms with E-state index in [-0.39, 0.29) is 27.5 Å². The molecule has 31 heavy (non-hydrogen) atoms. The minimum atomic E-state index is -4.97. The van der Waals surface area contributed by atoms with Crippen molar-refractivity contribution in [1.29, 1.82) is 0 Å². The van der Waals surface area contributed by atoms with Crippen molar-refractivity contribution in [3.05, 3.63) is 58.4 Å². The maximum Gasteiger partial charge on any atom is 0.471 e. The molecule has 0 saturated carbocycles. The topological polar surface area (TPSA) is 63.2 Å². The largest absolute Gasteiger partial charge is 0.486 e. The van der Waals surface area contributed by atoms with Gasteiger partial charge in [0, 0.05) is 18.0 Å². The second-order valence-corrected chi connectivity index (χ2v) is 7.17. The number of anilines is 1. The molecule has 170 valence electrons. The van der Waals surface area contributed by atoms with Crippen LogP contribution >= 0.6 is 36.7 Å². The summed E-state index contributed by atoms with van der Waals surface area (Å²) in [5.74, 6) is -1.63. The third kappa shape index (κ3) is 6.69. The zero-order valence-corrected chi connectivity index (χ0v) is 18.1. The van der Waals surface area contributed by atoms with Gasteiger partial charge in [0.25, 0.3) is 0 Å². The van der Waals surface area contributed by atoms with Gasteiger partial charge in [-0.1, -0.05) is 36.7 Å². The van der Waals surface area contributed by atoms with E-state index >= 15 is 0 Å². The number of fused-ring (bicyclic) bond motifs is 1. The van der Waals surface area contributed by atoms with Crippen LogP contribution in [0.25, 0.3) is 6.08 Å². The maximum atomic E-state index is 12.5. The van der Waals surface area contributed by atoms with Crippen molar-refractivity contribution in [1.82, 2.24) is 10.3 Å². The average molecular weight is 496 g/mol. The fourth-order valence-corrected chi connectivity index (χ4v) is 3.33. The quantitative estimate of drug-likeness (QED) is 0.424. The summed E-state index contributed by atoms with van der Waals surface area (Å²) in [5, 5.41) is 5.19. The molecular formula is C20H22Cl2F3N3O2S. The van der Waals surface area contributed by atoms with Crippen molar-refractivity contribution in [2.24, 2.45) is 0 Å². The van der Waals surface area contributed by atoms with E-state index in [0.717, 1.165) is 5.69 Å². The van der Waals surface area contributed by atoms with Gasteiger partial charge in [-0.25, -0.2) is 0 Å². The number of hydrogen-bond acceptors (Lipinski definition) is 4. The summed E-state index contributed by atoms with van der Waals surface area (Å²) in [5.41, 5.74) is 1.48. The summed E-state index contributed by atoms with van der Waals surface area (Å²) < 4.78 is 43.2. The molecule has 1 aromatic heterocycles. The van der Waals surface area contributed by atoms with Crippen molar-refractivity contribution in [3.63, 3.8) is 0 Å². The zero-order valence-electron chi connectivity index (χ0n) is 15.6. The van der Waals surface area contributed by atoms with E-state index in [0.29, 0.717) is 27.6 Å². The standard InChI is InChI=1S/C19H16Cl2F3N3O2.CH4.H2S/c1-10(26-18(28)19(22,23)24)13-6-11-7-14(20)16(8-15(11)27-17(13)21)29-9-12-4-2-3-5-25-12;;/h2-8,10,17,27H,9H2,1H3,(H,26,28);1H4;1H2/t10-,17?;;/m0../s1. The molecule has 5 nitrogen and oxygen atoms in total. The Balaban J connectivity index is 0.00000240. The molecule has 0 aliphatic carbocycles. The lowest BCUT2D eigenvalue weighted by atomic mass is 9.99. The number of nitrogens with zero attached hydrogens (tertiary/aromatic N) is 1. The Morgan fingerprint density at radius 2 is 2.06 bits per heavy atom. The Morgan fingerprint density at radius 3 is 2.68 bits per heavy atom. The summed E-state index contributed by atoms with van der Waals surface area (Å²) in [6.45, 7) is 1.63. The number of benzene rings is 1. The van der Waals surface area contributed by atoms with Gasteiger partial charge in [-0.3, -0.25) is 9.78 Å². The average Bonchev–Trinajstić information content (AvgIpc) is 2.66. The third-order valence-electron chi connectivity index (χ3n) is 4.21. The highest BCUT2D eigenvalue weighted by atomic mass is 35.5. The molecule has 1 aliphatic rings. The summed E-state index contributed by atoms with van der Waals surface area (Å²) in [7, 11) is 0. The van der Waals surface area contributed by atoms with Crippen LogP contribution in [0.3, 0.4) is 0 Å². The zero-order chi connectivity index (χ0) is 21.2. The molecule has 1 amide bonds. The SMILES string of the molecule is C.C[C@H](NC(=O)C(F)(F)F)C1=Cc2cc(Cl)c(OCc3ccccn3)cc2NC1Cl.S. The molecule has 11 heteroatoms. The van der Waals surface area contributed by atoms with E-state index in [1.165, 1.54) is 6.92 Å². The Hall–Kier alpha value is -2.10. The number of pyridine rings is 1. The number of aromatic nitrogens is 1. The molecule has 1 aliphatic heterocycles. The second-order valence-electron chi connectivity index (χ2n) is 6.32. The number of alkyl halides is 4. The van der Waals surface area contributed by atoms with Crippen LogP contribution in [0.15, 0.2) is 42.1 Å². The minimum absolute atomic E-state index is 0. The van der Waals surface area contributed by atoms with Crippen LogP contribution in [0.2, 0.25) is 5.02 Å². The Morgan fingerprint density at radius 1 is 1.35 bits per heavy atom. The van der Waals surface area contributed by atoms with E-state index in [4.69, 9.17) is 27.9 Å². The lowest BCUT2D eigenvalue weighted by Gasteiger charge is -2.29. The molecule has 3 rings (SSSR count). The van der Waals surface area contributed by atoms with Gasteiger partial charge in [-0.05, 0) is 42.3 Å². The van der Waals surface area contributed by atoms with E-state index in [9.17, 15) is 18.0 Å². The smallest absolute Gasteiger partial charge is 0.471 e. The number of rotatable bonds is 5. The monoisotopic (exact) mass is 495 g/mol. The van der Waals surface area contributed by atoms with Crippen LogP contribution in [0.1, 0.15) is 25.6 Å². The van der Waals surface area contributed by atoms with Crippen LogP contribution in [0.4, 0.5) is 18.9 Å². The molecular weight excluding hydrogens is 474 g/mol. The molecule has 2 atom stereocenters. The molecule has 0 radical (unpaired) electrons. The molecule has 0 saturated heterocycles. The molecule has 0 bridgehead atoms. The van der Waals surface area contributed by atoms with Crippen LogP contribution in [-0.2, 0) is 11.4 Å². The first kappa shape index (κ1) is 26.9. The lowest BCUT2D eigenvalue weighted by molar-refractivity contribution is -0.174. The van der Waals surface area contributed by atoms with Crippen molar-refractivity contribution >= 4 is 54.4 Å². The van der Waals surface area contributed by atoms with Gasteiger partial charge in [0.1, 0.15) is 17.9 Å². The number of amides is 1. The number of nitrogens with one attached hydrogen (secondary N) is 2. The van der Waals surface area contributed by atoms with E-state index < -0.39 is 23.6 Å². The minimum Gasteiger partial charge on any atom is -0.486 e. The van der Waals surface area contributed by atoms with E-state index in [1.54, 1.807) is 30.5 Å². The Kier molecular flexibility index (Phi) is 9.53. The predicted octanol–water partition coefficient (Wildman–Crippen LogP) is 5.50. The number of halogens is 5. The second kappa shape index (κ2) is 11.0. The Bertz CT molecular complexity index is 943. The first-order valence-electron chi connectivity index (χ1n) is 8.51. The van der Waals surface area contributed by atoms with E-state index in [1.807, 2.05) is 17.4 Å². The molecule has 2 heterocycles. The summed E-state index contributed by atoms with van der Waals surface area (Å²) in [4.78, 5) is 15.4. The maximum absolute atomic E-state index is 12.5. The predicted molar refractivity (Wildman–Crippen MR) is 122 cm³/mol. The Labute approximate surface area is 195 Å². The summed E-state index contributed by atoms with van der Waals surface area (Å²) >= 11 is 12.6. The third-order valence-corrected chi connectivity index (χ3v) is 4.86. The molecule has 2 N–H and O–H groups in total.